The first-order valence-electron chi connectivity index (χ1n) is 7.25. The molecule has 0 bridgehead atoms. The van der Waals surface area contributed by atoms with Crippen LogP contribution < -0.4 is 10.7 Å². The van der Waals surface area contributed by atoms with E-state index >= 15 is 0 Å². The summed E-state index contributed by atoms with van der Waals surface area (Å²) in [4.78, 5) is 40.9. The number of aliphatic imine (C=N–C) groups is 1. The molecule has 7 nitrogen and oxygen atoms in total. The van der Waals surface area contributed by atoms with Crippen LogP contribution in [0.1, 0.15) is 18.1 Å². The van der Waals surface area contributed by atoms with Crippen molar-refractivity contribution in [2.45, 2.75) is 13.8 Å². The van der Waals surface area contributed by atoms with Crippen LogP contribution in [-0.4, -0.2) is 29.7 Å². The van der Waals surface area contributed by atoms with Gasteiger partial charge >= 0.3 is 0 Å². The summed E-state index contributed by atoms with van der Waals surface area (Å²) in [6.45, 7) is 3.20. The van der Waals surface area contributed by atoms with Crippen LogP contribution in [0.5, 0.6) is 0 Å². The van der Waals surface area contributed by atoms with E-state index in [1.807, 2.05) is 13.0 Å². The summed E-state index contributed by atoms with van der Waals surface area (Å²) in [6, 6.07) is 5.32. The molecular weight excluding hydrogens is 310 g/mol. The lowest BCUT2D eigenvalue weighted by molar-refractivity contribution is -0.117. The van der Waals surface area contributed by atoms with E-state index in [9.17, 15) is 14.4 Å². The van der Waals surface area contributed by atoms with Crippen molar-refractivity contribution in [2.24, 2.45) is 4.99 Å². The van der Waals surface area contributed by atoms with Gasteiger partial charge in [0.05, 0.1) is 10.9 Å². The zero-order valence-electron chi connectivity index (χ0n) is 13.4. The minimum Gasteiger partial charge on any atom is -0.463 e. The van der Waals surface area contributed by atoms with Crippen molar-refractivity contribution in [2.75, 3.05) is 7.05 Å². The van der Waals surface area contributed by atoms with Crippen molar-refractivity contribution in [3.05, 3.63) is 51.5 Å². The van der Waals surface area contributed by atoms with Crippen LogP contribution >= 0.6 is 0 Å². The zero-order chi connectivity index (χ0) is 17.4. The molecule has 0 spiro atoms. The number of carbonyl (C=O) groups excluding carboxylic acids is 2. The summed E-state index contributed by atoms with van der Waals surface area (Å²) in [6.07, 6.45) is 2.72. The zero-order valence-corrected chi connectivity index (χ0v) is 13.4. The molecule has 0 atom stereocenters. The Hall–Kier alpha value is -3.22. The van der Waals surface area contributed by atoms with Gasteiger partial charge in [-0.05, 0) is 25.1 Å². The molecule has 0 saturated heterocycles. The molecule has 24 heavy (non-hydrogen) atoms. The molecule has 122 valence electrons. The number of benzene rings is 1. The third-order valence-electron chi connectivity index (χ3n) is 3.64. The van der Waals surface area contributed by atoms with E-state index in [1.165, 1.54) is 24.2 Å². The van der Waals surface area contributed by atoms with Gasteiger partial charge in [-0.1, -0.05) is 11.6 Å². The Labute approximate surface area is 137 Å². The molecule has 2 amide bonds. The van der Waals surface area contributed by atoms with Gasteiger partial charge in [0.2, 0.25) is 11.9 Å². The number of nitrogens with zero attached hydrogens (tertiary/aromatic N) is 2. The second-order valence-electron chi connectivity index (χ2n) is 5.53. The lowest BCUT2D eigenvalue weighted by Gasteiger charge is -2.14. The van der Waals surface area contributed by atoms with E-state index < -0.39 is 5.91 Å². The molecule has 2 heterocycles. The highest BCUT2D eigenvalue weighted by molar-refractivity contribution is 6.15. The molecule has 0 aliphatic carbocycles. The van der Waals surface area contributed by atoms with E-state index in [-0.39, 0.29) is 28.6 Å². The third-order valence-corrected chi connectivity index (χ3v) is 3.64. The van der Waals surface area contributed by atoms with Gasteiger partial charge in [-0.15, -0.1) is 0 Å². The molecular formula is C17H15N3O4. The van der Waals surface area contributed by atoms with Gasteiger partial charge in [0.15, 0.2) is 5.43 Å². The fourth-order valence-corrected chi connectivity index (χ4v) is 2.42. The fourth-order valence-electron chi connectivity index (χ4n) is 2.42. The van der Waals surface area contributed by atoms with Crippen molar-refractivity contribution in [1.29, 1.82) is 0 Å². The number of hydrogen-bond acceptors (Lipinski definition) is 5. The van der Waals surface area contributed by atoms with Crippen LogP contribution in [0.15, 0.2) is 44.4 Å². The second kappa shape index (κ2) is 5.77. The lowest BCUT2D eigenvalue weighted by Crippen LogP contribution is -2.37. The predicted octanol–water partition coefficient (Wildman–Crippen LogP) is 1.41. The van der Waals surface area contributed by atoms with Gasteiger partial charge in [-0.25, -0.2) is 0 Å². The molecule has 1 aromatic heterocycles. The van der Waals surface area contributed by atoms with Crippen molar-refractivity contribution in [3.8, 4) is 0 Å². The number of carbonyl (C=O) groups is 2. The van der Waals surface area contributed by atoms with Gasteiger partial charge in [-0.3, -0.25) is 19.7 Å². The van der Waals surface area contributed by atoms with Crippen molar-refractivity contribution in [3.63, 3.8) is 0 Å². The summed E-state index contributed by atoms with van der Waals surface area (Å²) >= 11 is 0. The SMILES string of the molecule is CC(=O)NC1=NC(=O)/C(=C/c2coc3ccc(C)cc3c2=O)N1C. The van der Waals surface area contributed by atoms with E-state index in [2.05, 4.69) is 10.3 Å². The summed E-state index contributed by atoms with van der Waals surface area (Å²) in [5, 5.41) is 2.91. The second-order valence-corrected chi connectivity index (χ2v) is 5.53. The van der Waals surface area contributed by atoms with Gasteiger partial charge in [-0.2, -0.15) is 4.99 Å². The summed E-state index contributed by atoms with van der Waals surface area (Å²) in [5.41, 5.74) is 1.60. The average molecular weight is 325 g/mol. The minimum absolute atomic E-state index is 0.125. The molecule has 2 aromatic rings. The summed E-state index contributed by atoms with van der Waals surface area (Å²) in [7, 11) is 1.58. The number of hydrogen-bond donors (Lipinski definition) is 1. The molecule has 0 unspecified atom stereocenters. The molecule has 3 rings (SSSR count). The average Bonchev–Trinajstić information content (AvgIpc) is 2.77. The van der Waals surface area contributed by atoms with Crippen LogP contribution in [0.3, 0.4) is 0 Å². The third kappa shape index (κ3) is 2.71. The number of guanidine groups is 1. The van der Waals surface area contributed by atoms with Crippen LogP contribution in [0, 0.1) is 6.92 Å². The van der Waals surface area contributed by atoms with Crippen LogP contribution in [0.4, 0.5) is 0 Å². The highest BCUT2D eigenvalue weighted by Gasteiger charge is 2.27. The summed E-state index contributed by atoms with van der Waals surface area (Å²) < 4.78 is 5.47. The Balaban J connectivity index is 2.05. The number of rotatable bonds is 1. The minimum atomic E-state index is -0.537. The number of aryl methyl sites for hydroxylation is 1. The van der Waals surface area contributed by atoms with Gasteiger partial charge in [0, 0.05) is 14.0 Å². The molecule has 0 radical (unpaired) electrons. The Morgan fingerprint density at radius 1 is 1.33 bits per heavy atom. The number of fused-ring (bicyclic) bond motifs is 1. The van der Waals surface area contributed by atoms with Crippen LogP contribution in [-0.2, 0) is 9.59 Å². The van der Waals surface area contributed by atoms with Gasteiger partial charge < -0.3 is 9.32 Å². The first-order chi connectivity index (χ1) is 11.4. The quantitative estimate of drug-likeness (QED) is 0.800. The van der Waals surface area contributed by atoms with E-state index in [4.69, 9.17) is 4.42 Å². The van der Waals surface area contributed by atoms with Gasteiger partial charge in [0.25, 0.3) is 5.91 Å². The number of nitrogens with one attached hydrogen (secondary N) is 1. The summed E-state index contributed by atoms with van der Waals surface area (Å²) in [5.74, 6) is -0.750. The molecule has 0 fully saturated rings. The highest BCUT2D eigenvalue weighted by atomic mass is 16.3. The normalized spacial score (nSPS) is 16.0. The predicted molar refractivity (Wildman–Crippen MR) is 89.2 cm³/mol. The molecule has 1 aliphatic rings. The van der Waals surface area contributed by atoms with E-state index in [1.54, 1.807) is 19.2 Å². The van der Waals surface area contributed by atoms with Crippen molar-refractivity contribution < 1.29 is 14.0 Å². The van der Waals surface area contributed by atoms with Crippen LogP contribution in [0.25, 0.3) is 17.0 Å². The lowest BCUT2D eigenvalue weighted by atomic mass is 10.1. The number of amides is 2. The highest BCUT2D eigenvalue weighted by Crippen LogP contribution is 2.18. The largest absolute Gasteiger partial charge is 0.463 e. The maximum absolute atomic E-state index is 12.6. The Morgan fingerprint density at radius 3 is 2.79 bits per heavy atom. The Morgan fingerprint density at radius 2 is 2.08 bits per heavy atom. The maximum atomic E-state index is 12.6. The molecule has 1 N–H and O–H groups in total. The van der Waals surface area contributed by atoms with Crippen LogP contribution in [0.2, 0.25) is 0 Å². The van der Waals surface area contributed by atoms with E-state index in [0.717, 1.165) is 5.56 Å². The fraction of sp³-hybridized carbons (Fsp3) is 0.176. The van der Waals surface area contributed by atoms with E-state index in [0.29, 0.717) is 11.0 Å². The standard InChI is InChI=1S/C17H15N3O4/c1-9-4-5-14-12(6-9)15(22)11(8-24-14)7-13-16(23)19-17(20(13)3)18-10(2)21/h4-8H,1-3H3,(H,18,19,21,23)/b13-7-. The molecule has 1 aromatic carbocycles. The van der Waals surface area contributed by atoms with Crippen molar-refractivity contribution >= 4 is 34.8 Å². The smallest absolute Gasteiger partial charge is 0.296 e. The first-order valence-corrected chi connectivity index (χ1v) is 7.25. The maximum Gasteiger partial charge on any atom is 0.296 e. The van der Waals surface area contributed by atoms with Gasteiger partial charge in [0.1, 0.15) is 17.5 Å². The first kappa shape index (κ1) is 15.7. The van der Waals surface area contributed by atoms with Crippen molar-refractivity contribution in [1.82, 2.24) is 10.2 Å². The Bertz CT molecular complexity index is 985. The molecule has 7 heteroatoms. The molecule has 0 saturated carbocycles. The number of likely N-dealkylation sites (N-methyl/N-ethyl adjacent to an activating group) is 1. The topological polar surface area (TPSA) is 92.0 Å². The molecule has 1 aliphatic heterocycles. The Kier molecular flexibility index (Phi) is 3.76. The monoisotopic (exact) mass is 325 g/mol.